The van der Waals surface area contributed by atoms with Gasteiger partial charge in [0.2, 0.25) is 12.7 Å². The van der Waals surface area contributed by atoms with Crippen LogP contribution < -0.4 is 9.47 Å². The molecule has 0 N–H and O–H groups in total. The van der Waals surface area contributed by atoms with Crippen LogP contribution in [0.2, 0.25) is 0 Å². The molecule has 2 aromatic rings. The molecule has 2 heterocycles. The van der Waals surface area contributed by atoms with E-state index < -0.39 is 0 Å². The molecule has 2 aromatic carbocycles. The number of ether oxygens (including phenoxy) is 2. The second-order valence-electron chi connectivity index (χ2n) is 5.75. The fourth-order valence-electron chi connectivity index (χ4n) is 3.02. The minimum Gasteiger partial charge on any atom is -0.454 e. The molecule has 0 unspecified atom stereocenters. The zero-order valence-electron chi connectivity index (χ0n) is 13.0. The van der Waals surface area contributed by atoms with Gasteiger partial charge in [-0.25, -0.2) is 5.01 Å². The molecule has 0 spiro atoms. The molecule has 5 nitrogen and oxygen atoms in total. The zero-order valence-corrected chi connectivity index (χ0v) is 14.6. The first-order chi connectivity index (χ1) is 11.6. The maximum atomic E-state index is 12.0. The monoisotopic (exact) mass is 386 g/mol. The van der Waals surface area contributed by atoms with Crippen molar-refractivity contribution in [1.29, 1.82) is 0 Å². The van der Waals surface area contributed by atoms with Crippen LogP contribution >= 0.6 is 15.9 Å². The Morgan fingerprint density at radius 3 is 2.83 bits per heavy atom. The van der Waals surface area contributed by atoms with Gasteiger partial charge in [-0.2, -0.15) is 5.10 Å². The van der Waals surface area contributed by atoms with Crippen molar-refractivity contribution in [3.63, 3.8) is 0 Å². The highest BCUT2D eigenvalue weighted by atomic mass is 79.9. The predicted molar refractivity (Wildman–Crippen MR) is 93.1 cm³/mol. The Balaban J connectivity index is 1.68. The van der Waals surface area contributed by atoms with E-state index in [2.05, 4.69) is 21.0 Å². The van der Waals surface area contributed by atoms with Gasteiger partial charge in [0.15, 0.2) is 11.5 Å². The lowest BCUT2D eigenvalue weighted by atomic mass is 9.98. The molecule has 2 aliphatic rings. The molecule has 0 radical (unpaired) electrons. The molecule has 0 bridgehead atoms. The van der Waals surface area contributed by atoms with Crippen molar-refractivity contribution in [2.75, 3.05) is 6.79 Å². The van der Waals surface area contributed by atoms with Gasteiger partial charge in [0, 0.05) is 23.4 Å². The number of carbonyl (C=O) groups excluding carboxylic acids is 1. The number of rotatable bonds is 2. The van der Waals surface area contributed by atoms with E-state index in [0.29, 0.717) is 6.42 Å². The van der Waals surface area contributed by atoms with Crippen LogP contribution in [0.25, 0.3) is 0 Å². The summed E-state index contributed by atoms with van der Waals surface area (Å²) < 4.78 is 11.8. The summed E-state index contributed by atoms with van der Waals surface area (Å²) in [7, 11) is 0. The van der Waals surface area contributed by atoms with Crippen LogP contribution in [0.5, 0.6) is 11.5 Å². The Bertz CT molecular complexity index is 850. The highest BCUT2D eigenvalue weighted by molar-refractivity contribution is 9.10. The van der Waals surface area contributed by atoms with Crippen LogP contribution in [0.3, 0.4) is 0 Å². The van der Waals surface area contributed by atoms with Crippen LogP contribution in [0.15, 0.2) is 52.0 Å². The van der Waals surface area contributed by atoms with E-state index in [-0.39, 0.29) is 18.7 Å². The summed E-state index contributed by atoms with van der Waals surface area (Å²) in [6.45, 7) is 1.78. The molecule has 6 heteroatoms. The molecule has 4 rings (SSSR count). The number of amides is 1. The number of fused-ring (bicyclic) bond motifs is 1. The first-order valence-electron chi connectivity index (χ1n) is 7.64. The van der Waals surface area contributed by atoms with Crippen molar-refractivity contribution in [2.24, 2.45) is 5.10 Å². The number of benzene rings is 2. The van der Waals surface area contributed by atoms with E-state index in [1.54, 1.807) is 5.01 Å². The average Bonchev–Trinajstić information content (AvgIpc) is 3.21. The van der Waals surface area contributed by atoms with E-state index in [4.69, 9.17) is 9.47 Å². The standard InChI is InChI=1S/C18H15BrN2O3/c1-11(22)21-16(13-3-2-4-14(19)7-13)9-15(20-21)12-5-6-17-18(8-12)24-10-23-17/h2-8,16H,9-10H2,1H3/t16-/m0/s1. The van der Waals surface area contributed by atoms with E-state index >= 15 is 0 Å². The molecular weight excluding hydrogens is 372 g/mol. The summed E-state index contributed by atoms with van der Waals surface area (Å²) in [6.07, 6.45) is 0.662. The van der Waals surface area contributed by atoms with Crippen molar-refractivity contribution < 1.29 is 14.3 Å². The number of carbonyl (C=O) groups is 1. The third-order valence-corrected chi connectivity index (χ3v) is 4.67. The summed E-state index contributed by atoms with van der Waals surface area (Å²) >= 11 is 3.49. The fraction of sp³-hybridized carbons (Fsp3) is 0.222. The van der Waals surface area contributed by atoms with Crippen molar-refractivity contribution in [1.82, 2.24) is 5.01 Å². The Morgan fingerprint density at radius 2 is 2.04 bits per heavy atom. The van der Waals surface area contributed by atoms with Gasteiger partial charge in [-0.15, -0.1) is 0 Å². The van der Waals surface area contributed by atoms with Crippen molar-refractivity contribution in [2.45, 2.75) is 19.4 Å². The van der Waals surface area contributed by atoms with E-state index in [1.165, 1.54) is 6.92 Å². The molecule has 1 amide bonds. The number of nitrogens with zero attached hydrogens (tertiary/aromatic N) is 2. The van der Waals surface area contributed by atoms with Gasteiger partial charge in [-0.3, -0.25) is 4.79 Å². The highest BCUT2D eigenvalue weighted by Gasteiger charge is 2.32. The average molecular weight is 387 g/mol. The van der Waals surface area contributed by atoms with Crippen molar-refractivity contribution in [3.05, 3.63) is 58.1 Å². The van der Waals surface area contributed by atoms with E-state index in [1.807, 2.05) is 42.5 Å². The zero-order chi connectivity index (χ0) is 16.7. The smallest absolute Gasteiger partial charge is 0.240 e. The molecule has 24 heavy (non-hydrogen) atoms. The van der Waals surface area contributed by atoms with Crippen LogP contribution in [-0.4, -0.2) is 23.4 Å². The third-order valence-electron chi connectivity index (χ3n) is 4.17. The number of halogens is 1. The molecule has 0 saturated heterocycles. The molecular formula is C18H15BrN2O3. The van der Waals surface area contributed by atoms with E-state index in [9.17, 15) is 4.79 Å². The Morgan fingerprint density at radius 1 is 1.21 bits per heavy atom. The predicted octanol–water partition coefficient (Wildman–Crippen LogP) is 3.88. The lowest BCUT2D eigenvalue weighted by Gasteiger charge is -2.20. The molecule has 2 aliphatic heterocycles. The summed E-state index contributed by atoms with van der Waals surface area (Å²) in [5, 5.41) is 6.12. The number of hydrogen-bond acceptors (Lipinski definition) is 4. The minimum absolute atomic E-state index is 0.0734. The largest absolute Gasteiger partial charge is 0.454 e. The first-order valence-corrected chi connectivity index (χ1v) is 8.44. The van der Waals surface area contributed by atoms with Crippen molar-refractivity contribution in [3.8, 4) is 11.5 Å². The summed E-state index contributed by atoms with van der Waals surface area (Å²) in [6, 6.07) is 13.6. The van der Waals surface area contributed by atoms with Gasteiger partial charge in [0.25, 0.3) is 0 Å². The Hall–Kier alpha value is -2.34. The quantitative estimate of drug-likeness (QED) is 0.786. The maximum Gasteiger partial charge on any atom is 0.240 e. The van der Waals surface area contributed by atoms with Crippen molar-refractivity contribution >= 4 is 27.5 Å². The van der Waals surface area contributed by atoms with Crippen LogP contribution in [0, 0.1) is 0 Å². The molecule has 0 aromatic heterocycles. The summed E-state index contributed by atoms with van der Waals surface area (Å²) in [4.78, 5) is 12.0. The van der Waals surface area contributed by atoms with Gasteiger partial charge in [-0.05, 0) is 35.9 Å². The van der Waals surface area contributed by atoms with Crippen LogP contribution in [-0.2, 0) is 4.79 Å². The normalized spacial score (nSPS) is 18.7. The minimum atomic E-state index is -0.0968. The van der Waals surface area contributed by atoms with Gasteiger partial charge >= 0.3 is 0 Å². The van der Waals surface area contributed by atoms with Gasteiger partial charge in [0.05, 0.1) is 11.8 Å². The second kappa shape index (κ2) is 5.94. The Labute approximate surface area is 148 Å². The SMILES string of the molecule is CC(=O)N1N=C(c2ccc3c(c2)OCO3)C[C@H]1c1cccc(Br)c1. The summed E-state index contributed by atoms with van der Waals surface area (Å²) in [5.74, 6) is 1.38. The van der Waals surface area contributed by atoms with E-state index in [0.717, 1.165) is 32.8 Å². The third kappa shape index (κ3) is 2.67. The molecule has 0 saturated carbocycles. The molecule has 1 atom stereocenters. The lowest BCUT2D eigenvalue weighted by molar-refractivity contribution is -0.130. The molecule has 0 fully saturated rings. The van der Waals surface area contributed by atoms with Gasteiger partial charge in [0.1, 0.15) is 0 Å². The van der Waals surface area contributed by atoms with Crippen LogP contribution in [0.1, 0.15) is 30.5 Å². The Kier molecular flexibility index (Phi) is 3.76. The number of hydrazone groups is 1. The van der Waals surface area contributed by atoms with Crippen LogP contribution in [0.4, 0.5) is 0 Å². The number of hydrogen-bond donors (Lipinski definition) is 0. The molecule has 0 aliphatic carbocycles. The lowest BCUT2D eigenvalue weighted by Crippen LogP contribution is -2.24. The fourth-order valence-corrected chi connectivity index (χ4v) is 3.44. The first kappa shape index (κ1) is 15.2. The second-order valence-corrected chi connectivity index (χ2v) is 6.67. The van der Waals surface area contributed by atoms with Gasteiger partial charge in [-0.1, -0.05) is 28.1 Å². The highest BCUT2D eigenvalue weighted by Crippen LogP contribution is 2.37. The topological polar surface area (TPSA) is 51.1 Å². The maximum absolute atomic E-state index is 12.0. The van der Waals surface area contributed by atoms with Gasteiger partial charge < -0.3 is 9.47 Å². The molecule has 122 valence electrons. The summed E-state index contributed by atoms with van der Waals surface area (Å²) in [5.41, 5.74) is 2.87.